The minimum atomic E-state index is 0.561. The third-order valence-electron chi connectivity index (χ3n) is 12.2. The van der Waals surface area contributed by atoms with Crippen molar-refractivity contribution in [3.05, 3.63) is 236 Å². The van der Waals surface area contributed by atoms with Gasteiger partial charge in [0.05, 0.1) is 23.3 Å². The maximum absolute atomic E-state index is 10.5. The van der Waals surface area contributed by atoms with E-state index in [1.54, 1.807) is 0 Å². The van der Waals surface area contributed by atoms with Gasteiger partial charge >= 0.3 is 0 Å². The highest BCUT2D eigenvalue weighted by atomic mass is 15.0. The van der Waals surface area contributed by atoms with Gasteiger partial charge in [-0.15, -0.1) is 0 Å². The Bertz CT molecular complexity index is 3690. The summed E-state index contributed by atoms with van der Waals surface area (Å²) < 4.78 is 0. The number of benzene rings is 10. The van der Waals surface area contributed by atoms with Crippen molar-refractivity contribution in [3.8, 4) is 102 Å². The average molecular weight is 840 g/mol. The molecule has 1 aromatic heterocycles. The van der Waals surface area contributed by atoms with Crippen molar-refractivity contribution in [3.63, 3.8) is 0 Å². The Morgan fingerprint density at radius 3 is 1.29 bits per heavy atom. The Labute approximate surface area is 382 Å². The van der Waals surface area contributed by atoms with Crippen LogP contribution in [0.15, 0.2) is 224 Å². The topological polar surface area (TPSA) is 86.2 Å². The molecule has 0 amide bonds. The predicted molar refractivity (Wildman–Crippen MR) is 268 cm³/mol. The summed E-state index contributed by atoms with van der Waals surface area (Å²) in [5.41, 5.74) is 14.2. The molecule has 0 unspecified atom stereocenters. The summed E-state index contributed by atoms with van der Waals surface area (Å²) >= 11 is 0. The number of rotatable bonds is 8. The van der Waals surface area contributed by atoms with Gasteiger partial charge in [-0.05, 0) is 114 Å². The van der Waals surface area contributed by atoms with Crippen molar-refractivity contribution in [2.75, 3.05) is 0 Å². The highest BCUT2D eigenvalue weighted by Crippen LogP contribution is 2.36. The fraction of sp³-hybridized carbons (Fsp3) is 0. The number of hydrogen-bond acceptors (Lipinski definition) is 5. The Morgan fingerprint density at radius 1 is 0.273 bits per heavy atom. The molecule has 0 saturated heterocycles. The molecule has 1 heterocycles. The van der Waals surface area contributed by atoms with E-state index in [-0.39, 0.29) is 0 Å². The second-order valence-electron chi connectivity index (χ2n) is 16.3. The monoisotopic (exact) mass is 839 g/mol. The van der Waals surface area contributed by atoms with E-state index in [0.717, 1.165) is 66.8 Å². The molecule has 0 atom stereocenters. The van der Waals surface area contributed by atoms with Crippen LogP contribution in [0.2, 0.25) is 0 Å². The lowest BCUT2D eigenvalue weighted by Gasteiger charge is -2.12. The zero-order valence-electron chi connectivity index (χ0n) is 35.6. The van der Waals surface area contributed by atoms with Crippen LogP contribution in [0.1, 0.15) is 11.1 Å². The van der Waals surface area contributed by atoms with Gasteiger partial charge in [-0.2, -0.15) is 10.5 Å². The first-order valence-electron chi connectivity index (χ1n) is 21.8. The van der Waals surface area contributed by atoms with Gasteiger partial charge in [-0.3, -0.25) is 0 Å². The van der Waals surface area contributed by atoms with E-state index in [0.29, 0.717) is 28.6 Å². The largest absolute Gasteiger partial charge is 0.208 e. The number of aromatic nitrogens is 3. The molecule has 0 aliphatic heterocycles. The van der Waals surface area contributed by atoms with Crippen LogP contribution < -0.4 is 0 Å². The average Bonchev–Trinajstić information content (AvgIpc) is 3.40. The number of fused-ring (bicyclic) bond motifs is 3. The van der Waals surface area contributed by atoms with E-state index >= 15 is 0 Å². The lowest BCUT2D eigenvalue weighted by atomic mass is 9.92. The molecule has 5 nitrogen and oxygen atoms in total. The molecule has 10 aromatic carbocycles. The Morgan fingerprint density at radius 2 is 0.682 bits per heavy atom. The van der Waals surface area contributed by atoms with Gasteiger partial charge in [-0.1, -0.05) is 188 Å². The normalized spacial score (nSPS) is 11.0. The second-order valence-corrected chi connectivity index (χ2v) is 16.3. The molecule has 0 saturated carbocycles. The van der Waals surface area contributed by atoms with Gasteiger partial charge in [0.25, 0.3) is 0 Å². The lowest BCUT2D eigenvalue weighted by Crippen LogP contribution is -2.00. The first-order valence-corrected chi connectivity index (χ1v) is 21.8. The van der Waals surface area contributed by atoms with Crippen LogP contribution in [0.3, 0.4) is 0 Å². The van der Waals surface area contributed by atoms with E-state index in [9.17, 15) is 10.5 Å². The molecule has 0 spiro atoms. The van der Waals surface area contributed by atoms with Gasteiger partial charge in [0, 0.05) is 16.7 Å². The smallest absolute Gasteiger partial charge is 0.164 e. The van der Waals surface area contributed by atoms with Gasteiger partial charge in [0.2, 0.25) is 0 Å². The van der Waals surface area contributed by atoms with Crippen LogP contribution in [0.5, 0.6) is 0 Å². The molecule has 0 N–H and O–H groups in total. The summed E-state index contributed by atoms with van der Waals surface area (Å²) in [4.78, 5) is 14.8. The molecule has 0 aliphatic rings. The molecular formula is C61H37N5. The second kappa shape index (κ2) is 17.1. The van der Waals surface area contributed by atoms with Crippen molar-refractivity contribution in [1.82, 2.24) is 15.0 Å². The van der Waals surface area contributed by atoms with Crippen LogP contribution in [0.4, 0.5) is 0 Å². The maximum Gasteiger partial charge on any atom is 0.164 e. The number of nitrogens with zero attached hydrogens (tertiary/aromatic N) is 5. The summed E-state index contributed by atoms with van der Waals surface area (Å²) in [6, 6.07) is 81.3. The summed E-state index contributed by atoms with van der Waals surface area (Å²) in [5.74, 6) is 1.71. The lowest BCUT2D eigenvalue weighted by molar-refractivity contribution is 1.07. The third kappa shape index (κ3) is 7.75. The van der Waals surface area contributed by atoms with E-state index in [1.165, 1.54) is 27.1 Å². The molecule has 11 aromatic rings. The standard InChI is InChI=1S/C61H37N5/c62-38-40-16-18-41(19-17-40)42-20-27-47(28-21-42)60-64-59(46-9-2-1-3-10-46)65-61(66-60)48-29-22-43(23-30-48)52-32-33-56(55(36-52)39-63)54-14-7-13-51(35-54)49-11-6-12-50(34-49)53-31-26-45-25-24-44-8-4-5-15-57(44)58(45)37-53/h1-37H. The number of hydrogen-bond donors (Lipinski definition) is 0. The summed E-state index contributed by atoms with van der Waals surface area (Å²) in [5, 5.41) is 24.7. The van der Waals surface area contributed by atoms with E-state index in [1.807, 2.05) is 103 Å². The molecule has 0 aliphatic carbocycles. The summed E-state index contributed by atoms with van der Waals surface area (Å²) in [7, 11) is 0. The molecule has 0 bridgehead atoms. The fourth-order valence-corrected chi connectivity index (χ4v) is 8.71. The summed E-state index contributed by atoms with van der Waals surface area (Å²) in [6.07, 6.45) is 0. The summed E-state index contributed by atoms with van der Waals surface area (Å²) in [6.45, 7) is 0. The first-order chi connectivity index (χ1) is 32.6. The zero-order valence-corrected chi connectivity index (χ0v) is 35.6. The number of nitriles is 2. The van der Waals surface area contributed by atoms with Crippen molar-refractivity contribution < 1.29 is 0 Å². The molecule has 66 heavy (non-hydrogen) atoms. The Balaban J connectivity index is 0.871. The van der Waals surface area contributed by atoms with Crippen molar-refractivity contribution in [1.29, 1.82) is 10.5 Å². The maximum atomic E-state index is 10.5. The molecule has 0 radical (unpaired) electrons. The first kappa shape index (κ1) is 39.5. The SMILES string of the molecule is N#Cc1ccc(-c2ccc(-c3nc(-c4ccccc4)nc(-c4ccc(-c5ccc(-c6cccc(-c7cccc(-c8ccc9ccc%10ccccc%10c9c8)c7)c6)c(C#N)c5)cc4)n3)cc2)cc1. The van der Waals surface area contributed by atoms with Gasteiger partial charge in [-0.25, -0.2) is 15.0 Å². The molecule has 306 valence electrons. The van der Waals surface area contributed by atoms with Crippen LogP contribution in [0, 0.1) is 22.7 Å². The van der Waals surface area contributed by atoms with Crippen LogP contribution in [-0.4, -0.2) is 15.0 Å². The molecular weight excluding hydrogens is 803 g/mol. The Hall–Kier alpha value is -9.29. The highest BCUT2D eigenvalue weighted by molar-refractivity contribution is 6.08. The van der Waals surface area contributed by atoms with Crippen LogP contribution in [0.25, 0.3) is 111 Å². The van der Waals surface area contributed by atoms with Gasteiger partial charge in [0.15, 0.2) is 17.5 Å². The quantitative estimate of drug-likeness (QED) is 0.142. The Kier molecular flexibility index (Phi) is 10.3. The zero-order chi connectivity index (χ0) is 44.4. The van der Waals surface area contributed by atoms with Gasteiger partial charge in [0.1, 0.15) is 0 Å². The predicted octanol–water partition coefficient (Wildman–Crippen LogP) is 15.3. The third-order valence-corrected chi connectivity index (χ3v) is 12.2. The molecule has 5 heteroatoms. The fourth-order valence-electron chi connectivity index (χ4n) is 8.71. The van der Waals surface area contributed by atoms with Crippen molar-refractivity contribution in [2.24, 2.45) is 0 Å². The minimum absolute atomic E-state index is 0.561. The minimum Gasteiger partial charge on any atom is -0.208 e. The van der Waals surface area contributed by atoms with Gasteiger partial charge < -0.3 is 0 Å². The van der Waals surface area contributed by atoms with Crippen molar-refractivity contribution in [2.45, 2.75) is 0 Å². The van der Waals surface area contributed by atoms with E-state index in [4.69, 9.17) is 15.0 Å². The van der Waals surface area contributed by atoms with Crippen LogP contribution in [-0.2, 0) is 0 Å². The van der Waals surface area contributed by atoms with E-state index < -0.39 is 0 Å². The molecule has 11 rings (SSSR count). The van der Waals surface area contributed by atoms with E-state index in [2.05, 4.69) is 133 Å². The highest BCUT2D eigenvalue weighted by Gasteiger charge is 2.15. The molecule has 0 fully saturated rings. The van der Waals surface area contributed by atoms with Crippen molar-refractivity contribution >= 4 is 21.5 Å². The van der Waals surface area contributed by atoms with Crippen LogP contribution >= 0.6 is 0 Å².